The number of anilines is 1. The number of rotatable bonds is 7. The van der Waals surface area contributed by atoms with Gasteiger partial charge in [-0.3, -0.25) is 0 Å². The van der Waals surface area contributed by atoms with Gasteiger partial charge in [-0.05, 0) is 75.1 Å². The molecule has 1 spiro atoms. The normalized spacial score (nSPS) is 37.4. The highest BCUT2D eigenvalue weighted by Crippen LogP contribution is 2.65. The topological polar surface area (TPSA) is 103 Å². The van der Waals surface area contributed by atoms with E-state index in [1.807, 2.05) is 25.1 Å². The maximum atomic E-state index is 12.7. The molecule has 1 aromatic rings. The summed E-state index contributed by atoms with van der Waals surface area (Å²) in [5.74, 6) is 0.311. The van der Waals surface area contributed by atoms with Crippen molar-refractivity contribution in [2.75, 3.05) is 31.2 Å². The SMILES string of the molecule is CCN(CC)c1ccc(/C=C2C=C(/C=C/C3C4(CCC5[C@]3(C)CC[C@H](O)[C@@]5(C)CO)CO4)C(=O)O\2)c(O)c1. The Bertz CT molecular complexity index is 1180. The highest BCUT2D eigenvalue weighted by Gasteiger charge is 2.66. The fraction of sp³-hybridized carbons (Fsp3) is 0.581. The minimum atomic E-state index is -0.556. The van der Waals surface area contributed by atoms with E-state index in [1.54, 1.807) is 18.2 Å². The van der Waals surface area contributed by atoms with E-state index >= 15 is 0 Å². The molecule has 1 aromatic carbocycles. The number of esters is 1. The van der Waals surface area contributed by atoms with Crippen molar-refractivity contribution in [3.05, 3.63) is 53.3 Å². The average Bonchev–Trinajstić information content (AvgIpc) is 3.58. The summed E-state index contributed by atoms with van der Waals surface area (Å²) in [5, 5.41) is 31.6. The number of fused-ring (bicyclic) bond motifs is 1. The predicted octanol–water partition coefficient (Wildman–Crippen LogP) is 4.57. The maximum absolute atomic E-state index is 12.7. The van der Waals surface area contributed by atoms with Crippen molar-refractivity contribution >= 4 is 17.7 Å². The molecule has 38 heavy (non-hydrogen) atoms. The number of allylic oxidation sites excluding steroid dienone is 1. The first-order valence-electron chi connectivity index (χ1n) is 13.9. The molecule has 0 amide bonds. The van der Waals surface area contributed by atoms with Gasteiger partial charge in [0.15, 0.2) is 0 Å². The Kier molecular flexibility index (Phi) is 6.99. The number of aromatic hydroxyl groups is 1. The molecule has 1 saturated heterocycles. The van der Waals surface area contributed by atoms with Crippen LogP contribution in [-0.2, 0) is 14.3 Å². The van der Waals surface area contributed by atoms with E-state index in [0.29, 0.717) is 29.9 Å². The molecule has 3 unspecified atom stereocenters. The number of phenolic OH excluding ortho intramolecular Hbond substituents is 1. The van der Waals surface area contributed by atoms with Crippen LogP contribution in [-0.4, -0.2) is 59.3 Å². The highest BCUT2D eigenvalue weighted by atomic mass is 16.6. The Morgan fingerprint density at radius 1 is 1.16 bits per heavy atom. The molecule has 2 saturated carbocycles. The largest absolute Gasteiger partial charge is 0.507 e. The van der Waals surface area contributed by atoms with E-state index in [-0.39, 0.29) is 35.2 Å². The predicted molar refractivity (Wildman–Crippen MR) is 146 cm³/mol. The molecule has 206 valence electrons. The van der Waals surface area contributed by atoms with E-state index in [2.05, 4.69) is 31.7 Å². The molecule has 3 fully saturated rings. The number of nitrogens with zero attached hydrogens (tertiary/aromatic N) is 1. The summed E-state index contributed by atoms with van der Waals surface area (Å²) < 4.78 is 11.6. The zero-order chi connectivity index (χ0) is 27.3. The van der Waals surface area contributed by atoms with Gasteiger partial charge in [-0.25, -0.2) is 4.79 Å². The Hall–Kier alpha value is -2.61. The number of hydrogen-bond donors (Lipinski definition) is 3. The Morgan fingerprint density at radius 3 is 2.53 bits per heavy atom. The van der Waals surface area contributed by atoms with Crippen LogP contribution in [0.1, 0.15) is 58.9 Å². The molecule has 0 bridgehead atoms. The van der Waals surface area contributed by atoms with Crippen molar-refractivity contribution in [3.8, 4) is 5.75 Å². The number of carbonyl (C=O) groups is 1. The number of aliphatic hydroxyl groups is 2. The molecule has 0 radical (unpaired) electrons. The first kappa shape index (κ1) is 27.0. The van der Waals surface area contributed by atoms with Crippen molar-refractivity contribution in [1.29, 1.82) is 0 Å². The van der Waals surface area contributed by atoms with Crippen LogP contribution in [0.5, 0.6) is 5.75 Å². The molecule has 2 aliphatic heterocycles. The van der Waals surface area contributed by atoms with Crippen LogP contribution in [0.4, 0.5) is 5.69 Å². The monoisotopic (exact) mass is 523 g/mol. The number of carbonyl (C=O) groups excluding carboxylic acids is 1. The van der Waals surface area contributed by atoms with Crippen molar-refractivity contribution in [2.45, 2.75) is 65.1 Å². The first-order valence-corrected chi connectivity index (χ1v) is 13.9. The van der Waals surface area contributed by atoms with Crippen LogP contribution in [0.2, 0.25) is 0 Å². The van der Waals surface area contributed by atoms with Crippen LogP contribution in [0, 0.1) is 22.7 Å². The van der Waals surface area contributed by atoms with Crippen LogP contribution in [0.15, 0.2) is 47.8 Å². The van der Waals surface area contributed by atoms with Gasteiger partial charge in [-0.2, -0.15) is 0 Å². The average molecular weight is 524 g/mol. The lowest BCUT2D eigenvalue weighted by molar-refractivity contribution is -0.167. The third kappa shape index (κ3) is 4.38. The Balaban J connectivity index is 1.40. The summed E-state index contributed by atoms with van der Waals surface area (Å²) in [7, 11) is 0. The van der Waals surface area contributed by atoms with Crippen molar-refractivity contribution in [3.63, 3.8) is 0 Å². The summed E-state index contributed by atoms with van der Waals surface area (Å²) in [6, 6.07) is 5.52. The van der Waals surface area contributed by atoms with E-state index in [9.17, 15) is 20.1 Å². The number of aliphatic hydroxyl groups excluding tert-OH is 2. The van der Waals surface area contributed by atoms with Gasteiger partial charge < -0.3 is 29.7 Å². The smallest absolute Gasteiger partial charge is 0.343 e. The zero-order valence-corrected chi connectivity index (χ0v) is 22.9. The molecule has 4 aliphatic rings. The van der Waals surface area contributed by atoms with Gasteiger partial charge >= 0.3 is 5.97 Å². The molecule has 2 heterocycles. The Morgan fingerprint density at radius 2 is 1.89 bits per heavy atom. The molecular weight excluding hydrogens is 482 g/mol. The Labute approximate surface area is 225 Å². The van der Waals surface area contributed by atoms with E-state index in [4.69, 9.17) is 9.47 Å². The van der Waals surface area contributed by atoms with Gasteiger partial charge in [0.25, 0.3) is 0 Å². The maximum Gasteiger partial charge on any atom is 0.343 e. The molecule has 7 nitrogen and oxygen atoms in total. The van der Waals surface area contributed by atoms with Gasteiger partial charge in [0.1, 0.15) is 11.5 Å². The molecule has 7 heteroatoms. The fourth-order valence-corrected chi connectivity index (χ4v) is 7.53. The summed E-state index contributed by atoms with van der Waals surface area (Å²) in [6.45, 7) is 10.7. The number of cyclic esters (lactones) is 1. The fourth-order valence-electron chi connectivity index (χ4n) is 7.53. The van der Waals surface area contributed by atoms with Crippen LogP contribution in [0.3, 0.4) is 0 Å². The number of hydrogen-bond acceptors (Lipinski definition) is 7. The van der Waals surface area contributed by atoms with Crippen molar-refractivity contribution in [1.82, 2.24) is 0 Å². The standard InChI is InChI=1S/C31H41NO6/c1-5-32(6-2)22-9-7-20(24(34)17-22)15-23-16-21(28(36)38-23)8-10-26-29(3)13-12-27(35)30(4,18-33)25(29)11-14-31(26)19-37-31/h7-10,15-17,25-27,33-35H,5-6,11-14,18-19H2,1-4H3/b10-8+,23-15+/t25?,26?,27-,29-,30-,31?/m0/s1. The quantitative estimate of drug-likeness (QED) is 0.355. The number of ether oxygens (including phenoxy) is 2. The van der Waals surface area contributed by atoms with Gasteiger partial charge in [0.05, 0.1) is 30.5 Å². The van der Waals surface area contributed by atoms with E-state index < -0.39 is 17.5 Å². The second-order valence-electron chi connectivity index (χ2n) is 12.0. The van der Waals surface area contributed by atoms with E-state index in [1.165, 1.54) is 0 Å². The van der Waals surface area contributed by atoms with E-state index in [0.717, 1.165) is 38.0 Å². The molecular formula is C31H41NO6. The number of epoxide rings is 1. The third-order valence-electron chi connectivity index (χ3n) is 9.95. The summed E-state index contributed by atoms with van der Waals surface area (Å²) in [5.41, 5.74) is 1.03. The van der Waals surface area contributed by atoms with Crippen molar-refractivity contribution < 1.29 is 29.6 Å². The molecule has 0 aromatic heterocycles. The summed E-state index contributed by atoms with van der Waals surface area (Å²) in [6.07, 6.45) is 10.1. The summed E-state index contributed by atoms with van der Waals surface area (Å²) in [4.78, 5) is 14.9. The highest BCUT2D eigenvalue weighted by molar-refractivity contribution is 5.96. The van der Waals surface area contributed by atoms with Crippen LogP contribution in [0.25, 0.3) is 6.08 Å². The second kappa shape index (κ2) is 9.85. The van der Waals surface area contributed by atoms with Crippen LogP contribution >= 0.6 is 0 Å². The number of phenols is 1. The number of benzene rings is 1. The lowest BCUT2D eigenvalue weighted by Gasteiger charge is -2.60. The lowest BCUT2D eigenvalue weighted by Crippen LogP contribution is -2.60. The zero-order valence-electron chi connectivity index (χ0n) is 22.9. The van der Waals surface area contributed by atoms with Gasteiger partial charge in [-0.1, -0.05) is 26.0 Å². The van der Waals surface area contributed by atoms with Gasteiger partial charge in [0.2, 0.25) is 0 Å². The van der Waals surface area contributed by atoms with Gasteiger partial charge in [0, 0.05) is 41.7 Å². The summed E-state index contributed by atoms with van der Waals surface area (Å²) >= 11 is 0. The van der Waals surface area contributed by atoms with Crippen molar-refractivity contribution in [2.24, 2.45) is 22.7 Å². The molecule has 5 rings (SSSR count). The lowest BCUT2D eigenvalue weighted by atomic mass is 9.45. The second-order valence-corrected chi connectivity index (χ2v) is 12.0. The molecule has 2 aliphatic carbocycles. The van der Waals surface area contributed by atoms with Crippen LogP contribution < -0.4 is 4.90 Å². The molecule has 3 N–H and O–H groups in total. The minimum Gasteiger partial charge on any atom is -0.507 e. The first-order chi connectivity index (χ1) is 18.1. The molecule has 6 atom stereocenters. The minimum absolute atomic E-state index is 0.0485. The third-order valence-corrected chi connectivity index (χ3v) is 9.95. The van der Waals surface area contributed by atoms with Gasteiger partial charge in [-0.15, -0.1) is 0 Å².